The summed E-state index contributed by atoms with van der Waals surface area (Å²) < 4.78 is 26.0. The SMILES string of the molecule is CCCCC(C(=O)NCc1ccc(CN2CCC(C)CC2)cc1)N1CCCS1(=O)=O. The topological polar surface area (TPSA) is 69.7 Å². The normalized spacial score (nSPS) is 21.5. The third-order valence-electron chi connectivity index (χ3n) is 6.39. The number of unbranched alkanes of at least 4 members (excludes halogenated alkanes) is 1. The molecule has 1 atom stereocenters. The van der Waals surface area contributed by atoms with E-state index in [1.54, 1.807) is 0 Å². The van der Waals surface area contributed by atoms with E-state index in [0.717, 1.165) is 44.0 Å². The second kappa shape index (κ2) is 10.7. The average molecular weight is 436 g/mol. The van der Waals surface area contributed by atoms with Crippen LogP contribution >= 0.6 is 0 Å². The van der Waals surface area contributed by atoms with E-state index in [1.165, 1.54) is 22.7 Å². The predicted molar refractivity (Wildman–Crippen MR) is 120 cm³/mol. The molecule has 2 fully saturated rings. The molecular weight excluding hydrogens is 398 g/mol. The maximum absolute atomic E-state index is 12.8. The number of amides is 1. The molecule has 0 aliphatic carbocycles. The maximum Gasteiger partial charge on any atom is 0.238 e. The molecule has 2 heterocycles. The van der Waals surface area contributed by atoms with Crippen LogP contribution < -0.4 is 5.32 Å². The monoisotopic (exact) mass is 435 g/mol. The first kappa shape index (κ1) is 23.2. The van der Waals surface area contributed by atoms with Crippen molar-refractivity contribution in [1.29, 1.82) is 0 Å². The number of likely N-dealkylation sites (tertiary alicyclic amines) is 1. The van der Waals surface area contributed by atoms with Gasteiger partial charge in [-0.15, -0.1) is 0 Å². The summed E-state index contributed by atoms with van der Waals surface area (Å²) in [6, 6.07) is 7.82. The van der Waals surface area contributed by atoms with Crippen molar-refractivity contribution in [1.82, 2.24) is 14.5 Å². The average Bonchev–Trinajstić information content (AvgIpc) is 3.08. The number of piperidine rings is 1. The molecule has 6 nitrogen and oxygen atoms in total. The Morgan fingerprint density at radius 2 is 1.80 bits per heavy atom. The number of hydrogen-bond acceptors (Lipinski definition) is 4. The zero-order valence-electron chi connectivity index (χ0n) is 18.5. The van der Waals surface area contributed by atoms with E-state index in [9.17, 15) is 13.2 Å². The highest BCUT2D eigenvalue weighted by Crippen LogP contribution is 2.21. The number of carbonyl (C=O) groups excluding carboxylic acids is 1. The van der Waals surface area contributed by atoms with E-state index in [4.69, 9.17) is 0 Å². The van der Waals surface area contributed by atoms with Crippen LogP contribution in [0, 0.1) is 5.92 Å². The summed E-state index contributed by atoms with van der Waals surface area (Å²) in [4.78, 5) is 15.3. The van der Waals surface area contributed by atoms with Crippen molar-refractivity contribution in [3.05, 3.63) is 35.4 Å². The van der Waals surface area contributed by atoms with Crippen LogP contribution in [0.2, 0.25) is 0 Å². The van der Waals surface area contributed by atoms with Crippen molar-refractivity contribution >= 4 is 15.9 Å². The molecule has 0 radical (unpaired) electrons. The number of sulfonamides is 1. The standard InChI is InChI=1S/C23H37N3O3S/c1-3-4-6-22(26-13-5-16-30(26,28)29)23(27)24-17-20-7-9-21(10-8-20)18-25-14-11-19(2)12-15-25/h7-10,19,22H,3-6,11-18H2,1-2H3,(H,24,27). The van der Waals surface area contributed by atoms with Crippen molar-refractivity contribution in [2.45, 2.75) is 71.5 Å². The van der Waals surface area contributed by atoms with Crippen molar-refractivity contribution in [3.8, 4) is 0 Å². The van der Waals surface area contributed by atoms with Crippen LogP contribution in [-0.4, -0.2) is 55.0 Å². The van der Waals surface area contributed by atoms with Crippen LogP contribution in [0.4, 0.5) is 0 Å². The third kappa shape index (κ3) is 6.28. The molecule has 1 aromatic rings. The molecule has 30 heavy (non-hydrogen) atoms. The first-order valence-corrected chi connectivity index (χ1v) is 13.1. The molecule has 1 unspecified atom stereocenters. The fourth-order valence-corrected chi connectivity index (χ4v) is 6.08. The summed E-state index contributed by atoms with van der Waals surface area (Å²) in [5, 5.41) is 2.97. The van der Waals surface area contributed by atoms with Crippen LogP contribution in [0.3, 0.4) is 0 Å². The number of rotatable bonds is 9. The van der Waals surface area contributed by atoms with Gasteiger partial charge in [0.05, 0.1) is 5.75 Å². The Morgan fingerprint density at radius 3 is 2.40 bits per heavy atom. The van der Waals surface area contributed by atoms with Crippen molar-refractivity contribution in [2.75, 3.05) is 25.4 Å². The predicted octanol–water partition coefficient (Wildman–Crippen LogP) is 3.13. The Labute approximate surface area is 182 Å². The molecule has 1 aromatic carbocycles. The van der Waals surface area contributed by atoms with Crippen molar-refractivity contribution in [3.63, 3.8) is 0 Å². The lowest BCUT2D eigenvalue weighted by molar-refractivity contribution is -0.125. The number of nitrogens with zero attached hydrogens (tertiary/aromatic N) is 2. The molecule has 168 valence electrons. The Kier molecular flexibility index (Phi) is 8.31. The van der Waals surface area contributed by atoms with Crippen molar-refractivity contribution in [2.24, 2.45) is 5.92 Å². The smallest absolute Gasteiger partial charge is 0.238 e. The third-order valence-corrected chi connectivity index (χ3v) is 8.35. The Morgan fingerprint density at radius 1 is 1.13 bits per heavy atom. The van der Waals surface area contributed by atoms with Crippen LogP contribution in [-0.2, 0) is 27.9 Å². The van der Waals surface area contributed by atoms with Gasteiger partial charge >= 0.3 is 0 Å². The highest BCUT2D eigenvalue weighted by atomic mass is 32.2. The summed E-state index contributed by atoms with van der Waals surface area (Å²) in [5.41, 5.74) is 2.33. The van der Waals surface area contributed by atoms with Crippen LogP contribution in [0.15, 0.2) is 24.3 Å². The van der Waals surface area contributed by atoms with Gasteiger partial charge in [0.1, 0.15) is 6.04 Å². The van der Waals surface area contributed by atoms with E-state index in [2.05, 4.69) is 48.3 Å². The molecule has 2 aliphatic heterocycles. The largest absolute Gasteiger partial charge is 0.351 e. The van der Waals surface area contributed by atoms with Gasteiger partial charge in [-0.25, -0.2) is 8.42 Å². The Balaban J connectivity index is 1.53. The second-order valence-corrected chi connectivity index (χ2v) is 11.0. The van der Waals surface area contributed by atoms with Crippen LogP contribution in [0.5, 0.6) is 0 Å². The van der Waals surface area contributed by atoms with E-state index >= 15 is 0 Å². The molecule has 1 amide bonds. The van der Waals surface area contributed by atoms with Gasteiger partial charge in [0.2, 0.25) is 15.9 Å². The summed E-state index contributed by atoms with van der Waals surface area (Å²) in [5.74, 6) is 0.810. The van der Waals surface area contributed by atoms with E-state index < -0.39 is 16.1 Å². The second-order valence-electron chi connectivity index (χ2n) is 8.93. The molecule has 0 saturated carbocycles. The van der Waals surface area contributed by atoms with Crippen LogP contribution in [0.25, 0.3) is 0 Å². The highest BCUT2D eigenvalue weighted by molar-refractivity contribution is 7.89. The maximum atomic E-state index is 12.8. The van der Waals surface area contributed by atoms with Gasteiger partial charge in [-0.1, -0.05) is 51.0 Å². The molecule has 2 saturated heterocycles. The van der Waals surface area contributed by atoms with Gasteiger partial charge in [0.15, 0.2) is 0 Å². The quantitative estimate of drug-likeness (QED) is 0.647. The molecule has 2 aliphatic rings. The molecule has 0 bridgehead atoms. The van der Waals surface area contributed by atoms with Gasteiger partial charge < -0.3 is 5.32 Å². The zero-order valence-corrected chi connectivity index (χ0v) is 19.3. The zero-order chi connectivity index (χ0) is 21.6. The lowest BCUT2D eigenvalue weighted by atomic mass is 9.99. The fourth-order valence-electron chi connectivity index (χ4n) is 4.36. The lowest BCUT2D eigenvalue weighted by Crippen LogP contribution is -2.47. The van der Waals surface area contributed by atoms with E-state index in [-0.39, 0.29) is 11.7 Å². The Hall–Kier alpha value is -1.44. The van der Waals surface area contributed by atoms with Gasteiger partial charge in [-0.3, -0.25) is 9.69 Å². The van der Waals surface area contributed by atoms with Crippen molar-refractivity contribution < 1.29 is 13.2 Å². The Bertz CT molecular complexity index is 786. The fraction of sp³-hybridized carbons (Fsp3) is 0.696. The van der Waals surface area contributed by atoms with E-state index in [0.29, 0.717) is 25.9 Å². The van der Waals surface area contributed by atoms with Gasteiger partial charge in [-0.2, -0.15) is 4.31 Å². The number of hydrogen-bond donors (Lipinski definition) is 1. The summed E-state index contributed by atoms with van der Waals surface area (Å²) in [6.45, 7) is 8.57. The minimum atomic E-state index is -3.30. The number of carbonyl (C=O) groups is 1. The molecular formula is C23H37N3O3S. The summed E-state index contributed by atoms with van der Waals surface area (Å²) >= 11 is 0. The number of nitrogens with one attached hydrogen (secondary N) is 1. The minimum absolute atomic E-state index is 0.153. The molecule has 3 rings (SSSR count). The first-order valence-electron chi connectivity index (χ1n) is 11.5. The lowest BCUT2D eigenvalue weighted by Gasteiger charge is -2.30. The number of benzene rings is 1. The van der Waals surface area contributed by atoms with Gasteiger partial charge in [-0.05, 0) is 55.8 Å². The molecule has 0 aromatic heterocycles. The molecule has 0 spiro atoms. The summed E-state index contributed by atoms with van der Waals surface area (Å²) in [7, 11) is -3.30. The minimum Gasteiger partial charge on any atom is -0.351 e. The molecule has 7 heteroatoms. The first-order chi connectivity index (χ1) is 14.4. The van der Waals surface area contributed by atoms with Crippen LogP contribution in [0.1, 0.15) is 63.5 Å². The summed E-state index contributed by atoms with van der Waals surface area (Å²) in [6.07, 6.45) is 5.51. The van der Waals surface area contributed by atoms with E-state index in [1.807, 2.05) is 0 Å². The van der Waals surface area contributed by atoms with Gasteiger partial charge in [0, 0.05) is 19.6 Å². The highest BCUT2D eigenvalue weighted by Gasteiger charge is 2.37. The molecule has 1 N–H and O–H groups in total. The van der Waals surface area contributed by atoms with Gasteiger partial charge in [0.25, 0.3) is 0 Å².